The minimum atomic E-state index is -0.487. The molecule has 1 atom stereocenters. The van der Waals surface area contributed by atoms with Crippen LogP contribution in [0.25, 0.3) is 0 Å². The predicted octanol–water partition coefficient (Wildman–Crippen LogP) is 2.97. The number of piperazine rings is 1. The van der Waals surface area contributed by atoms with Crippen LogP contribution in [0.3, 0.4) is 0 Å². The molecule has 3 rings (SSSR count). The van der Waals surface area contributed by atoms with E-state index in [-0.39, 0.29) is 37.3 Å². The van der Waals surface area contributed by atoms with E-state index in [0.29, 0.717) is 19.6 Å². The number of amides is 1. The second-order valence-corrected chi connectivity index (χ2v) is 6.77. The number of nitrogens with zero attached hydrogens (tertiary/aromatic N) is 1. The molecule has 0 spiro atoms. The Bertz CT molecular complexity index is 740. The average molecular weight is 403 g/mol. The number of hydrogen-bond acceptors (Lipinski definition) is 4. The molecule has 1 N–H and O–H groups in total. The number of esters is 1. The van der Waals surface area contributed by atoms with Gasteiger partial charge in [-0.1, -0.05) is 60.7 Å². The first-order chi connectivity index (χ1) is 13.2. The van der Waals surface area contributed by atoms with E-state index in [1.165, 1.54) is 5.56 Å². The van der Waals surface area contributed by atoms with Crippen LogP contribution in [0.2, 0.25) is 0 Å². The van der Waals surface area contributed by atoms with Gasteiger partial charge >= 0.3 is 5.97 Å². The monoisotopic (exact) mass is 402 g/mol. The number of rotatable bonds is 8. The lowest BCUT2D eigenvalue weighted by Crippen LogP contribution is -2.55. The van der Waals surface area contributed by atoms with E-state index in [2.05, 4.69) is 17.4 Å². The lowest BCUT2D eigenvalue weighted by atomic mass is 10.1. The normalized spacial score (nSPS) is 16.4. The zero-order chi connectivity index (χ0) is 18.9. The molecular formula is C22H27ClN2O3. The standard InChI is InChI=1S/C22H26N2O3.ClH/c25-21(27-17-19-10-5-2-6-11-19)16-20-22(26)24(15-13-23-20)14-7-12-18-8-3-1-4-9-18;/h1-6,8-11,20,23H,7,12-17H2;1H. The molecule has 0 radical (unpaired) electrons. The molecule has 150 valence electrons. The van der Waals surface area contributed by atoms with Crippen LogP contribution >= 0.6 is 12.4 Å². The molecule has 0 aliphatic carbocycles. The Morgan fingerprint density at radius 3 is 2.36 bits per heavy atom. The van der Waals surface area contributed by atoms with Gasteiger partial charge in [0.2, 0.25) is 5.91 Å². The second-order valence-electron chi connectivity index (χ2n) is 6.77. The molecule has 2 aromatic rings. The number of nitrogens with one attached hydrogen (secondary N) is 1. The highest BCUT2D eigenvalue weighted by Gasteiger charge is 2.30. The van der Waals surface area contributed by atoms with Crippen molar-refractivity contribution in [2.45, 2.75) is 31.9 Å². The average Bonchev–Trinajstić information content (AvgIpc) is 2.71. The highest BCUT2D eigenvalue weighted by molar-refractivity contribution is 5.87. The molecule has 1 saturated heterocycles. The quantitative estimate of drug-likeness (QED) is 0.689. The molecule has 1 heterocycles. The maximum absolute atomic E-state index is 12.6. The molecule has 1 unspecified atom stereocenters. The van der Waals surface area contributed by atoms with Crippen LogP contribution in [0.5, 0.6) is 0 Å². The summed E-state index contributed by atoms with van der Waals surface area (Å²) in [5.41, 5.74) is 2.22. The van der Waals surface area contributed by atoms with Gasteiger partial charge in [-0.3, -0.25) is 9.59 Å². The Labute approximate surface area is 172 Å². The molecule has 28 heavy (non-hydrogen) atoms. The summed E-state index contributed by atoms with van der Waals surface area (Å²) in [6.45, 7) is 2.34. The van der Waals surface area contributed by atoms with Gasteiger partial charge in [0.05, 0.1) is 12.5 Å². The molecule has 1 fully saturated rings. The van der Waals surface area contributed by atoms with Crippen LogP contribution in [-0.2, 0) is 27.4 Å². The van der Waals surface area contributed by atoms with E-state index in [1.54, 1.807) is 0 Å². The summed E-state index contributed by atoms with van der Waals surface area (Å²) in [5, 5.41) is 3.14. The van der Waals surface area contributed by atoms with Crippen molar-refractivity contribution in [2.75, 3.05) is 19.6 Å². The van der Waals surface area contributed by atoms with Gasteiger partial charge in [0, 0.05) is 19.6 Å². The topological polar surface area (TPSA) is 58.6 Å². The lowest BCUT2D eigenvalue weighted by molar-refractivity contribution is -0.149. The molecule has 0 saturated carbocycles. The number of hydrogen-bond donors (Lipinski definition) is 1. The zero-order valence-corrected chi connectivity index (χ0v) is 16.7. The Hall–Kier alpha value is -2.37. The summed E-state index contributed by atoms with van der Waals surface area (Å²) in [6, 6.07) is 19.3. The molecule has 5 nitrogen and oxygen atoms in total. The van der Waals surface area contributed by atoms with Gasteiger partial charge in [-0.15, -0.1) is 12.4 Å². The third kappa shape index (κ3) is 6.66. The molecule has 6 heteroatoms. The smallest absolute Gasteiger partial charge is 0.308 e. The van der Waals surface area contributed by atoms with Gasteiger partial charge in [0.25, 0.3) is 0 Å². The van der Waals surface area contributed by atoms with Crippen molar-refractivity contribution in [3.8, 4) is 0 Å². The number of carbonyl (C=O) groups excluding carboxylic acids is 2. The minimum absolute atomic E-state index is 0. The lowest BCUT2D eigenvalue weighted by Gasteiger charge is -2.32. The van der Waals surface area contributed by atoms with Crippen molar-refractivity contribution in [3.05, 3.63) is 71.8 Å². The van der Waals surface area contributed by atoms with E-state index in [4.69, 9.17) is 4.74 Å². The summed E-state index contributed by atoms with van der Waals surface area (Å²) >= 11 is 0. The van der Waals surface area contributed by atoms with Gasteiger partial charge in [-0.05, 0) is 24.0 Å². The van der Waals surface area contributed by atoms with Gasteiger partial charge in [-0.25, -0.2) is 0 Å². The fourth-order valence-corrected chi connectivity index (χ4v) is 3.26. The zero-order valence-electron chi connectivity index (χ0n) is 15.9. The summed E-state index contributed by atoms with van der Waals surface area (Å²) < 4.78 is 5.30. The van der Waals surface area contributed by atoms with Gasteiger partial charge in [-0.2, -0.15) is 0 Å². The van der Waals surface area contributed by atoms with Gasteiger partial charge in [0.15, 0.2) is 0 Å². The Kier molecular flexibility index (Phi) is 8.98. The molecule has 1 aliphatic heterocycles. The number of carbonyl (C=O) groups is 2. The summed E-state index contributed by atoms with van der Waals surface area (Å²) in [4.78, 5) is 26.6. The number of aryl methyl sites for hydroxylation is 1. The third-order valence-corrected chi connectivity index (χ3v) is 4.73. The molecule has 0 aromatic heterocycles. The van der Waals surface area contributed by atoms with E-state index in [9.17, 15) is 9.59 Å². The molecule has 1 aliphatic rings. The highest BCUT2D eigenvalue weighted by Crippen LogP contribution is 2.10. The fraction of sp³-hybridized carbons (Fsp3) is 0.364. The second kappa shape index (κ2) is 11.5. The van der Waals surface area contributed by atoms with Crippen LogP contribution in [-0.4, -0.2) is 42.5 Å². The van der Waals surface area contributed by atoms with E-state index >= 15 is 0 Å². The minimum Gasteiger partial charge on any atom is -0.461 e. The molecule has 0 bridgehead atoms. The van der Waals surface area contributed by atoms with Crippen LogP contribution < -0.4 is 5.32 Å². The van der Waals surface area contributed by atoms with Crippen molar-refractivity contribution in [1.29, 1.82) is 0 Å². The Morgan fingerprint density at radius 2 is 1.68 bits per heavy atom. The maximum atomic E-state index is 12.6. The van der Waals surface area contributed by atoms with Gasteiger partial charge < -0.3 is 15.0 Å². The highest BCUT2D eigenvalue weighted by atomic mass is 35.5. The van der Waals surface area contributed by atoms with E-state index < -0.39 is 6.04 Å². The number of benzene rings is 2. The molecule has 1 amide bonds. The maximum Gasteiger partial charge on any atom is 0.308 e. The first-order valence-electron chi connectivity index (χ1n) is 9.48. The fourth-order valence-electron chi connectivity index (χ4n) is 3.26. The number of halogens is 1. The largest absolute Gasteiger partial charge is 0.461 e. The number of ether oxygens (including phenoxy) is 1. The first-order valence-corrected chi connectivity index (χ1v) is 9.48. The third-order valence-electron chi connectivity index (χ3n) is 4.73. The first kappa shape index (κ1) is 21.9. The molecule has 2 aromatic carbocycles. The Morgan fingerprint density at radius 1 is 1.04 bits per heavy atom. The summed E-state index contributed by atoms with van der Waals surface area (Å²) in [5.74, 6) is -0.359. The van der Waals surface area contributed by atoms with Crippen molar-refractivity contribution < 1.29 is 14.3 Å². The molecular weight excluding hydrogens is 376 g/mol. The Balaban J connectivity index is 0.00000280. The van der Waals surface area contributed by atoms with Crippen LogP contribution in [0.15, 0.2) is 60.7 Å². The van der Waals surface area contributed by atoms with Crippen molar-refractivity contribution >= 4 is 24.3 Å². The SMILES string of the molecule is Cl.O=C(CC1NCCN(CCCc2ccccc2)C1=O)OCc1ccccc1. The van der Waals surface area contributed by atoms with Crippen LogP contribution in [0.4, 0.5) is 0 Å². The summed E-state index contributed by atoms with van der Waals surface area (Å²) in [7, 11) is 0. The van der Waals surface area contributed by atoms with E-state index in [0.717, 1.165) is 18.4 Å². The van der Waals surface area contributed by atoms with Crippen molar-refractivity contribution in [3.63, 3.8) is 0 Å². The van der Waals surface area contributed by atoms with Crippen LogP contribution in [0.1, 0.15) is 24.0 Å². The van der Waals surface area contributed by atoms with Crippen LogP contribution in [0, 0.1) is 0 Å². The van der Waals surface area contributed by atoms with Crippen molar-refractivity contribution in [1.82, 2.24) is 10.2 Å². The van der Waals surface area contributed by atoms with Crippen molar-refractivity contribution in [2.24, 2.45) is 0 Å². The predicted molar refractivity (Wildman–Crippen MR) is 111 cm³/mol. The summed E-state index contributed by atoms with van der Waals surface area (Å²) in [6.07, 6.45) is 1.93. The van der Waals surface area contributed by atoms with Gasteiger partial charge in [0.1, 0.15) is 6.61 Å². The van der Waals surface area contributed by atoms with E-state index in [1.807, 2.05) is 53.4 Å².